The van der Waals surface area contributed by atoms with Crippen molar-refractivity contribution in [3.05, 3.63) is 28.8 Å². The van der Waals surface area contributed by atoms with E-state index in [1.165, 1.54) is 12.8 Å². The molecule has 21 heavy (non-hydrogen) atoms. The van der Waals surface area contributed by atoms with Gasteiger partial charge in [-0.25, -0.2) is 0 Å². The number of likely N-dealkylation sites (N-methyl/N-ethyl adjacent to an activating group) is 1. The fourth-order valence-electron chi connectivity index (χ4n) is 2.19. The highest BCUT2D eigenvalue weighted by molar-refractivity contribution is 6.31. The molecule has 1 fully saturated rings. The lowest BCUT2D eigenvalue weighted by Crippen LogP contribution is -2.34. The van der Waals surface area contributed by atoms with Crippen LogP contribution in [0.5, 0.6) is 5.75 Å². The zero-order valence-corrected chi connectivity index (χ0v) is 13.4. The van der Waals surface area contributed by atoms with Gasteiger partial charge in [0.1, 0.15) is 5.75 Å². The molecule has 1 aromatic carbocycles. The summed E-state index contributed by atoms with van der Waals surface area (Å²) < 4.78 is 5.70. The number of carbonyl (C=O) groups is 1. The van der Waals surface area contributed by atoms with Crippen molar-refractivity contribution in [2.75, 3.05) is 19.7 Å². The minimum Gasteiger partial charge on any atom is -0.483 e. The van der Waals surface area contributed by atoms with Crippen molar-refractivity contribution in [1.29, 1.82) is 0 Å². The molecule has 1 saturated carbocycles. The molecule has 0 heterocycles. The Bertz CT molecular complexity index is 485. The number of halogens is 1. The Balaban J connectivity index is 1.97. The highest BCUT2D eigenvalue weighted by Gasteiger charge is 2.21. The molecule has 0 bridgehead atoms. The van der Waals surface area contributed by atoms with Crippen LogP contribution in [0.1, 0.15) is 32.3 Å². The highest BCUT2D eigenvalue weighted by atomic mass is 35.5. The van der Waals surface area contributed by atoms with Gasteiger partial charge in [0.25, 0.3) is 5.91 Å². The first-order chi connectivity index (χ1) is 10.2. The Morgan fingerprint density at radius 1 is 1.38 bits per heavy atom. The molecule has 1 aliphatic carbocycles. The van der Waals surface area contributed by atoms with E-state index in [9.17, 15) is 4.79 Å². The van der Waals surface area contributed by atoms with Crippen molar-refractivity contribution in [1.82, 2.24) is 10.2 Å². The molecule has 0 saturated heterocycles. The lowest BCUT2D eigenvalue weighted by Gasteiger charge is -2.19. The van der Waals surface area contributed by atoms with Gasteiger partial charge in [0, 0.05) is 36.3 Å². The van der Waals surface area contributed by atoms with E-state index in [0.717, 1.165) is 5.56 Å². The molecule has 4 nitrogen and oxygen atoms in total. The van der Waals surface area contributed by atoms with Crippen LogP contribution >= 0.6 is 11.6 Å². The third kappa shape index (κ3) is 4.61. The molecule has 0 radical (unpaired) electrons. The standard InChI is InChI=1S/C16H23ClN2O2/c1-3-19(4-2)16(20)11-21-15-7-5-6-14(17)13(15)10-18-12-8-9-12/h5-7,12,18H,3-4,8-11H2,1-2H3. The van der Waals surface area contributed by atoms with E-state index in [0.29, 0.717) is 36.4 Å². The van der Waals surface area contributed by atoms with Gasteiger partial charge >= 0.3 is 0 Å². The van der Waals surface area contributed by atoms with E-state index in [-0.39, 0.29) is 12.5 Å². The molecule has 1 aromatic rings. The van der Waals surface area contributed by atoms with Gasteiger partial charge in [-0.2, -0.15) is 0 Å². The molecule has 1 N–H and O–H groups in total. The van der Waals surface area contributed by atoms with E-state index in [1.54, 1.807) is 4.90 Å². The van der Waals surface area contributed by atoms with Gasteiger partial charge in [-0.15, -0.1) is 0 Å². The normalized spacial score (nSPS) is 14.0. The third-order valence-corrected chi connectivity index (χ3v) is 4.04. The summed E-state index contributed by atoms with van der Waals surface area (Å²) in [5.41, 5.74) is 0.929. The molecule has 2 rings (SSSR count). The maximum atomic E-state index is 12.0. The summed E-state index contributed by atoms with van der Waals surface area (Å²) >= 11 is 6.25. The number of nitrogens with one attached hydrogen (secondary N) is 1. The summed E-state index contributed by atoms with van der Waals surface area (Å²) in [5.74, 6) is 0.692. The van der Waals surface area contributed by atoms with Gasteiger partial charge in [0.05, 0.1) is 0 Å². The Kier molecular flexibility index (Phi) is 5.88. The topological polar surface area (TPSA) is 41.6 Å². The quantitative estimate of drug-likeness (QED) is 0.803. The van der Waals surface area contributed by atoms with Crippen LogP contribution < -0.4 is 10.1 Å². The van der Waals surface area contributed by atoms with Crippen LogP contribution in [0.3, 0.4) is 0 Å². The highest BCUT2D eigenvalue weighted by Crippen LogP contribution is 2.28. The summed E-state index contributed by atoms with van der Waals surface area (Å²) in [6, 6.07) is 6.17. The summed E-state index contributed by atoms with van der Waals surface area (Å²) in [5, 5.41) is 4.10. The third-order valence-electron chi connectivity index (χ3n) is 3.69. The molecule has 0 atom stereocenters. The van der Waals surface area contributed by atoms with Gasteiger partial charge in [0.2, 0.25) is 0 Å². The fraction of sp³-hybridized carbons (Fsp3) is 0.562. The van der Waals surface area contributed by atoms with Crippen LogP contribution in [0.15, 0.2) is 18.2 Å². The van der Waals surface area contributed by atoms with Gasteiger partial charge < -0.3 is 15.0 Å². The number of nitrogens with zero attached hydrogens (tertiary/aromatic N) is 1. The van der Waals surface area contributed by atoms with E-state index in [2.05, 4.69) is 5.32 Å². The van der Waals surface area contributed by atoms with Gasteiger partial charge in [-0.1, -0.05) is 17.7 Å². The maximum absolute atomic E-state index is 12.0. The monoisotopic (exact) mass is 310 g/mol. The Labute approximate surface area is 131 Å². The van der Waals surface area contributed by atoms with Crippen LogP contribution in [0, 0.1) is 0 Å². The predicted molar refractivity (Wildman–Crippen MR) is 84.7 cm³/mol. The number of ether oxygens (including phenoxy) is 1. The molecule has 116 valence electrons. The van der Waals surface area contributed by atoms with Crippen LogP contribution in [0.4, 0.5) is 0 Å². The van der Waals surface area contributed by atoms with Crippen LogP contribution in [-0.4, -0.2) is 36.5 Å². The molecule has 0 aromatic heterocycles. The van der Waals surface area contributed by atoms with Gasteiger partial charge in [0.15, 0.2) is 6.61 Å². The predicted octanol–water partition coefficient (Wildman–Crippen LogP) is 2.84. The van der Waals surface area contributed by atoms with Crippen molar-refractivity contribution >= 4 is 17.5 Å². The number of amides is 1. The second-order valence-corrected chi connectivity index (χ2v) is 5.63. The minimum atomic E-state index is 0.000998. The molecular weight excluding hydrogens is 288 g/mol. The molecule has 1 amide bonds. The summed E-state index contributed by atoms with van der Waals surface area (Å²) in [6.45, 7) is 6.06. The van der Waals surface area contributed by atoms with Gasteiger partial charge in [-0.3, -0.25) is 4.79 Å². The van der Waals surface area contributed by atoms with Crippen LogP contribution in [-0.2, 0) is 11.3 Å². The first kappa shape index (κ1) is 16.1. The molecule has 1 aliphatic rings. The van der Waals surface area contributed by atoms with E-state index < -0.39 is 0 Å². The molecule has 0 unspecified atom stereocenters. The van der Waals surface area contributed by atoms with E-state index >= 15 is 0 Å². The Hall–Kier alpha value is -1.26. The van der Waals surface area contributed by atoms with E-state index in [1.807, 2.05) is 32.0 Å². The van der Waals surface area contributed by atoms with Crippen molar-refractivity contribution in [2.45, 2.75) is 39.3 Å². The smallest absolute Gasteiger partial charge is 0.260 e. The number of hydrogen-bond acceptors (Lipinski definition) is 3. The zero-order valence-electron chi connectivity index (χ0n) is 12.7. The second-order valence-electron chi connectivity index (χ2n) is 5.23. The number of benzene rings is 1. The molecule has 5 heteroatoms. The lowest BCUT2D eigenvalue weighted by atomic mass is 10.2. The van der Waals surface area contributed by atoms with Crippen LogP contribution in [0.25, 0.3) is 0 Å². The Morgan fingerprint density at radius 2 is 2.10 bits per heavy atom. The number of hydrogen-bond donors (Lipinski definition) is 1. The van der Waals surface area contributed by atoms with Gasteiger partial charge in [-0.05, 0) is 38.8 Å². The summed E-state index contributed by atoms with van der Waals surface area (Å²) in [7, 11) is 0. The average Bonchev–Trinajstić information content (AvgIpc) is 3.29. The van der Waals surface area contributed by atoms with Crippen molar-refractivity contribution < 1.29 is 9.53 Å². The zero-order chi connectivity index (χ0) is 15.2. The average molecular weight is 311 g/mol. The SMILES string of the molecule is CCN(CC)C(=O)COc1cccc(Cl)c1CNC1CC1. The molecular formula is C16H23ClN2O2. The minimum absolute atomic E-state index is 0.000998. The first-order valence-electron chi connectivity index (χ1n) is 7.57. The molecule has 0 aliphatic heterocycles. The number of rotatable bonds is 8. The largest absolute Gasteiger partial charge is 0.483 e. The van der Waals surface area contributed by atoms with Crippen molar-refractivity contribution in [3.8, 4) is 5.75 Å². The van der Waals surface area contributed by atoms with Crippen molar-refractivity contribution in [3.63, 3.8) is 0 Å². The Morgan fingerprint density at radius 3 is 2.71 bits per heavy atom. The van der Waals surface area contributed by atoms with E-state index in [4.69, 9.17) is 16.3 Å². The van der Waals surface area contributed by atoms with Crippen molar-refractivity contribution in [2.24, 2.45) is 0 Å². The summed E-state index contributed by atoms with van der Waals surface area (Å²) in [6.07, 6.45) is 2.45. The first-order valence-corrected chi connectivity index (χ1v) is 7.94. The second kappa shape index (κ2) is 7.66. The lowest BCUT2D eigenvalue weighted by molar-refractivity contribution is -0.132. The summed E-state index contributed by atoms with van der Waals surface area (Å²) in [4.78, 5) is 13.8. The maximum Gasteiger partial charge on any atom is 0.260 e. The molecule has 0 spiro atoms. The number of carbonyl (C=O) groups excluding carboxylic acids is 1. The fourth-order valence-corrected chi connectivity index (χ4v) is 2.42. The van der Waals surface area contributed by atoms with Crippen LogP contribution in [0.2, 0.25) is 5.02 Å².